The Labute approximate surface area is 293 Å². The summed E-state index contributed by atoms with van der Waals surface area (Å²) in [6.45, 7) is 4.50. The maximum Gasteiger partial charge on any atom is 0.362 e. The maximum absolute atomic E-state index is 12.6. The number of carboxylic acid groups (broad SMARTS) is 1. The molecule has 0 aromatic carbocycles. The number of carbonyl (C=O) groups excluding carboxylic acids is 2. The topological polar surface area (TPSA) is 99.1 Å². The predicted octanol–water partition coefficient (Wildman–Crippen LogP) is 9.29. The van der Waals surface area contributed by atoms with E-state index in [1.807, 2.05) is 21.1 Å². The Morgan fingerprint density at radius 2 is 1.21 bits per heavy atom. The summed E-state index contributed by atoms with van der Waals surface area (Å²) >= 11 is 0. The Morgan fingerprint density at radius 1 is 0.646 bits per heavy atom. The fourth-order valence-corrected chi connectivity index (χ4v) is 5.09. The zero-order valence-corrected chi connectivity index (χ0v) is 31.2. The summed E-state index contributed by atoms with van der Waals surface area (Å²) < 4.78 is 17.1. The quantitative estimate of drug-likeness (QED) is 0.0249. The molecule has 0 rings (SSSR count). The van der Waals surface area contributed by atoms with Gasteiger partial charge in [-0.15, -0.1) is 0 Å². The van der Waals surface area contributed by atoms with Crippen molar-refractivity contribution in [3.63, 3.8) is 0 Å². The number of ether oxygens (including phenoxy) is 3. The Kier molecular flexibility index (Phi) is 29.8. The van der Waals surface area contributed by atoms with E-state index in [0.29, 0.717) is 19.3 Å². The Bertz CT molecular complexity index is 932. The van der Waals surface area contributed by atoms with Gasteiger partial charge >= 0.3 is 17.9 Å². The van der Waals surface area contributed by atoms with E-state index < -0.39 is 18.1 Å². The fourth-order valence-electron chi connectivity index (χ4n) is 5.09. The van der Waals surface area contributed by atoms with Crippen molar-refractivity contribution in [1.29, 1.82) is 0 Å². The van der Waals surface area contributed by atoms with Crippen molar-refractivity contribution in [2.45, 2.75) is 148 Å². The van der Waals surface area contributed by atoms with Crippen molar-refractivity contribution in [1.82, 2.24) is 0 Å². The molecule has 2 unspecified atom stereocenters. The van der Waals surface area contributed by atoms with Crippen LogP contribution in [0.3, 0.4) is 0 Å². The smallest absolute Gasteiger partial charge is 0.362 e. The van der Waals surface area contributed by atoms with Crippen LogP contribution in [0.4, 0.5) is 0 Å². The highest BCUT2D eigenvalue weighted by Gasteiger charge is 2.31. The Hall–Kier alpha value is -2.71. The number of aliphatic carboxylic acids is 1. The molecule has 0 amide bonds. The number of hydrogen-bond donors (Lipinski definition) is 1. The van der Waals surface area contributed by atoms with E-state index in [1.54, 1.807) is 0 Å². The van der Waals surface area contributed by atoms with Gasteiger partial charge in [0.1, 0.15) is 6.61 Å². The first-order chi connectivity index (χ1) is 23.1. The molecule has 8 heteroatoms. The first-order valence-electron chi connectivity index (χ1n) is 18.7. The van der Waals surface area contributed by atoms with E-state index in [4.69, 9.17) is 14.2 Å². The van der Waals surface area contributed by atoms with Gasteiger partial charge < -0.3 is 23.8 Å². The summed E-state index contributed by atoms with van der Waals surface area (Å²) in [5.41, 5.74) is 0. The number of unbranched alkanes of at least 4 members (excludes halogenated alkanes) is 12. The molecule has 2 atom stereocenters. The Morgan fingerprint density at radius 3 is 1.83 bits per heavy atom. The number of hydrogen-bond acceptors (Lipinski definition) is 6. The van der Waals surface area contributed by atoms with Crippen LogP contribution in [0.1, 0.15) is 136 Å². The second-order valence-corrected chi connectivity index (χ2v) is 13.5. The molecule has 1 N–H and O–H groups in total. The fraction of sp³-hybridized carbons (Fsp3) is 0.725. The van der Waals surface area contributed by atoms with Crippen LogP contribution in [0.5, 0.6) is 0 Å². The lowest BCUT2D eigenvalue weighted by Crippen LogP contribution is -2.50. The first kappa shape index (κ1) is 45.3. The van der Waals surface area contributed by atoms with Crippen LogP contribution in [0.2, 0.25) is 0 Å². The number of likely N-dealkylation sites (N-methyl/N-ethyl adjacent to an activating group) is 1. The van der Waals surface area contributed by atoms with E-state index in [2.05, 4.69) is 62.5 Å². The third kappa shape index (κ3) is 29.4. The second kappa shape index (κ2) is 31.6. The summed E-state index contributed by atoms with van der Waals surface area (Å²) in [5, 5.41) is 9.56. The van der Waals surface area contributed by atoms with Crippen molar-refractivity contribution in [3.05, 3.63) is 48.6 Å². The van der Waals surface area contributed by atoms with Gasteiger partial charge in [0.2, 0.25) is 0 Å². The maximum atomic E-state index is 12.6. The van der Waals surface area contributed by atoms with Gasteiger partial charge in [-0.2, -0.15) is 0 Å². The van der Waals surface area contributed by atoms with Crippen LogP contribution in [0.25, 0.3) is 0 Å². The minimum atomic E-state index is -0.884. The predicted molar refractivity (Wildman–Crippen MR) is 197 cm³/mol. The first-order valence-corrected chi connectivity index (χ1v) is 18.7. The molecule has 0 aliphatic carbocycles. The number of quaternary nitrogens is 1. The molecule has 0 aliphatic heterocycles. The van der Waals surface area contributed by atoms with Gasteiger partial charge in [0.25, 0.3) is 0 Å². The van der Waals surface area contributed by atoms with Crippen molar-refractivity contribution in [2.75, 3.05) is 41.0 Å². The molecular formula is C40H70NO7+. The molecular weight excluding hydrogens is 606 g/mol. The van der Waals surface area contributed by atoms with Gasteiger partial charge in [-0.05, 0) is 51.4 Å². The molecule has 0 radical (unpaired) electrons. The van der Waals surface area contributed by atoms with Crippen molar-refractivity contribution in [2.24, 2.45) is 0 Å². The van der Waals surface area contributed by atoms with E-state index in [9.17, 15) is 19.5 Å². The third-order valence-electron chi connectivity index (χ3n) is 8.02. The van der Waals surface area contributed by atoms with Crippen LogP contribution in [0, 0.1) is 0 Å². The number of rotatable bonds is 32. The third-order valence-corrected chi connectivity index (χ3v) is 8.02. The van der Waals surface area contributed by atoms with Crippen LogP contribution in [-0.2, 0) is 28.6 Å². The number of carboxylic acids is 1. The van der Waals surface area contributed by atoms with Gasteiger partial charge in [0, 0.05) is 19.3 Å². The molecule has 0 saturated heterocycles. The van der Waals surface area contributed by atoms with Crippen LogP contribution < -0.4 is 0 Å². The average Bonchev–Trinajstić information content (AvgIpc) is 3.03. The molecule has 0 saturated carbocycles. The SMILES string of the molecule is CC/C=C/C=C/C=C/CCCCCCCCCC(=O)OCC(COCCC(C(=O)O)[N+](C)(C)C)OC(=O)CCC/C=C/CCCCCC. The summed E-state index contributed by atoms with van der Waals surface area (Å²) in [7, 11) is 5.49. The van der Waals surface area contributed by atoms with Crippen molar-refractivity contribution in [3.8, 4) is 0 Å². The molecule has 0 spiro atoms. The summed E-state index contributed by atoms with van der Waals surface area (Å²) in [4.78, 5) is 36.7. The highest BCUT2D eigenvalue weighted by Crippen LogP contribution is 2.12. The minimum absolute atomic E-state index is 0.0446. The normalized spacial score (nSPS) is 13.6. The summed E-state index contributed by atoms with van der Waals surface area (Å²) in [6.07, 6.45) is 34.5. The van der Waals surface area contributed by atoms with E-state index >= 15 is 0 Å². The molecule has 0 bridgehead atoms. The summed E-state index contributed by atoms with van der Waals surface area (Å²) in [6, 6.07) is -0.619. The van der Waals surface area contributed by atoms with Gasteiger partial charge in [0.05, 0.1) is 34.4 Å². The number of nitrogens with zero attached hydrogens (tertiary/aromatic N) is 1. The molecule has 0 aliphatic rings. The number of allylic oxidation sites excluding steroid dienone is 8. The van der Waals surface area contributed by atoms with Gasteiger partial charge in [-0.3, -0.25) is 9.59 Å². The lowest BCUT2D eigenvalue weighted by molar-refractivity contribution is -0.887. The largest absolute Gasteiger partial charge is 0.477 e. The monoisotopic (exact) mass is 677 g/mol. The standard InChI is InChI=1S/C40H69NO7/c1-6-8-10-12-14-16-17-18-19-20-21-23-24-26-28-30-38(42)47-35-36(34-46-33-32-37(40(44)45)41(3,4)5)48-39(43)31-29-27-25-22-15-13-11-9-7-2/h8,10,12,14,16-17,22,25,36-37H,6-7,9,11,13,15,18-21,23-24,26-35H2,1-5H3/p+1/b10-8+,14-12+,17-16+,25-22+. The molecule has 48 heavy (non-hydrogen) atoms. The zero-order chi connectivity index (χ0) is 35.7. The number of esters is 2. The van der Waals surface area contributed by atoms with E-state index in [0.717, 1.165) is 44.9 Å². The second-order valence-electron chi connectivity index (χ2n) is 13.5. The molecule has 0 aromatic heterocycles. The Balaban J connectivity index is 4.44. The van der Waals surface area contributed by atoms with Crippen LogP contribution >= 0.6 is 0 Å². The van der Waals surface area contributed by atoms with Crippen molar-refractivity contribution >= 4 is 17.9 Å². The van der Waals surface area contributed by atoms with Crippen LogP contribution in [0.15, 0.2) is 48.6 Å². The minimum Gasteiger partial charge on any atom is -0.477 e. The van der Waals surface area contributed by atoms with Gasteiger partial charge in [0.15, 0.2) is 12.1 Å². The van der Waals surface area contributed by atoms with E-state index in [1.165, 1.54) is 51.4 Å². The summed E-state index contributed by atoms with van der Waals surface area (Å²) in [5.74, 6) is -1.54. The van der Waals surface area contributed by atoms with E-state index in [-0.39, 0.29) is 42.7 Å². The van der Waals surface area contributed by atoms with Gasteiger partial charge in [-0.1, -0.05) is 114 Å². The highest BCUT2D eigenvalue weighted by molar-refractivity contribution is 5.72. The molecule has 276 valence electrons. The highest BCUT2D eigenvalue weighted by atomic mass is 16.6. The molecule has 0 heterocycles. The number of carbonyl (C=O) groups is 3. The zero-order valence-electron chi connectivity index (χ0n) is 31.2. The average molecular weight is 677 g/mol. The lowest BCUT2D eigenvalue weighted by Gasteiger charge is -2.31. The molecule has 0 fully saturated rings. The van der Waals surface area contributed by atoms with Crippen LogP contribution in [-0.4, -0.2) is 80.6 Å². The van der Waals surface area contributed by atoms with Gasteiger partial charge in [-0.25, -0.2) is 4.79 Å². The lowest BCUT2D eigenvalue weighted by atomic mass is 10.1. The van der Waals surface area contributed by atoms with Crippen molar-refractivity contribution < 1.29 is 38.2 Å². The molecule has 8 nitrogen and oxygen atoms in total. The molecule has 0 aromatic rings.